The van der Waals surface area contributed by atoms with Crippen LogP contribution in [0.5, 0.6) is 0 Å². The van der Waals surface area contributed by atoms with Crippen LogP contribution in [0.2, 0.25) is 0 Å². The molecule has 4 nitrogen and oxygen atoms in total. The molecule has 0 radical (unpaired) electrons. The molecule has 0 aromatic carbocycles. The lowest BCUT2D eigenvalue weighted by Crippen LogP contribution is -2.51. The number of carbonyl (C=O) groups excluding carboxylic acids is 1. The highest BCUT2D eigenvalue weighted by atomic mass is 16.2. The van der Waals surface area contributed by atoms with Crippen molar-refractivity contribution in [3.63, 3.8) is 0 Å². The summed E-state index contributed by atoms with van der Waals surface area (Å²) in [5.74, 6) is 0.161. The Morgan fingerprint density at radius 2 is 1.86 bits per heavy atom. The summed E-state index contributed by atoms with van der Waals surface area (Å²) in [5.41, 5.74) is 0.767. The van der Waals surface area contributed by atoms with Gasteiger partial charge in [0.2, 0.25) is 0 Å². The van der Waals surface area contributed by atoms with Crippen molar-refractivity contribution in [2.45, 2.75) is 19.9 Å². The highest BCUT2D eigenvalue weighted by molar-refractivity contribution is 6.44. The van der Waals surface area contributed by atoms with Crippen molar-refractivity contribution < 1.29 is 4.79 Å². The molecular weight excluding hydrogens is 178 g/mol. The molecule has 0 saturated carbocycles. The maximum atomic E-state index is 11.6. The summed E-state index contributed by atoms with van der Waals surface area (Å²) < 4.78 is 0. The molecule has 0 bridgehead atoms. The summed E-state index contributed by atoms with van der Waals surface area (Å²) in [7, 11) is 0. The summed E-state index contributed by atoms with van der Waals surface area (Å²) in [5, 5.41) is 0. The molecule has 4 heteroatoms. The maximum Gasteiger partial charge on any atom is 0.269 e. The molecule has 2 aliphatic heterocycles. The van der Waals surface area contributed by atoms with Crippen LogP contribution in [0.4, 0.5) is 0 Å². The summed E-state index contributed by atoms with van der Waals surface area (Å²) >= 11 is 0. The van der Waals surface area contributed by atoms with E-state index < -0.39 is 0 Å². The first-order valence-electron chi connectivity index (χ1n) is 5.25. The minimum Gasteiger partial charge on any atom is -0.335 e. The standard InChI is InChI=1S/C10H17N3O/c1-8(2)12-3-5-13(6-4-12)10(14)9-7-11-9/h8H,3-7H2,1-2H3. The third kappa shape index (κ3) is 1.95. The molecule has 0 N–H and O–H groups in total. The van der Waals surface area contributed by atoms with Gasteiger partial charge in [0.15, 0.2) is 0 Å². The lowest BCUT2D eigenvalue weighted by atomic mass is 10.2. The van der Waals surface area contributed by atoms with Gasteiger partial charge >= 0.3 is 0 Å². The second-order valence-corrected chi connectivity index (χ2v) is 4.18. The van der Waals surface area contributed by atoms with Gasteiger partial charge in [-0.25, -0.2) is 0 Å². The summed E-state index contributed by atoms with van der Waals surface area (Å²) in [4.78, 5) is 19.9. The predicted molar refractivity (Wildman–Crippen MR) is 55.6 cm³/mol. The fourth-order valence-electron chi connectivity index (χ4n) is 1.80. The van der Waals surface area contributed by atoms with Crippen molar-refractivity contribution in [1.82, 2.24) is 9.80 Å². The Bertz CT molecular complexity index is 265. The van der Waals surface area contributed by atoms with Crippen molar-refractivity contribution in [2.24, 2.45) is 4.99 Å². The van der Waals surface area contributed by atoms with E-state index in [2.05, 4.69) is 23.7 Å². The predicted octanol–water partition coefficient (Wildman–Crippen LogP) is -0.00640. The van der Waals surface area contributed by atoms with E-state index >= 15 is 0 Å². The Morgan fingerprint density at radius 1 is 1.29 bits per heavy atom. The molecule has 2 rings (SSSR count). The minimum absolute atomic E-state index is 0.161. The average Bonchev–Trinajstić information content (AvgIpc) is 3.00. The molecule has 0 atom stereocenters. The normalized spacial score (nSPS) is 22.5. The van der Waals surface area contributed by atoms with E-state index in [0.717, 1.165) is 31.9 Å². The van der Waals surface area contributed by atoms with Crippen molar-refractivity contribution in [3.8, 4) is 0 Å². The second-order valence-electron chi connectivity index (χ2n) is 4.18. The van der Waals surface area contributed by atoms with Gasteiger partial charge in [-0.05, 0) is 13.8 Å². The van der Waals surface area contributed by atoms with Gasteiger partial charge in [0.1, 0.15) is 5.71 Å². The van der Waals surface area contributed by atoms with Gasteiger partial charge in [-0.1, -0.05) is 0 Å². The highest BCUT2D eigenvalue weighted by Crippen LogP contribution is 2.09. The molecule has 0 aromatic rings. The molecule has 0 spiro atoms. The van der Waals surface area contributed by atoms with Gasteiger partial charge in [-0.2, -0.15) is 0 Å². The number of rotatable bonds is 2. The number of hydrogen-bond donors (Lipinski definition) is 0. The smallest absolute Gasteiger partial charge is 0.269 e. The fourth-order valence-corrected chi connectivity index (χ4v) is 1.80. The fraction of sp³-hybridized carbons (Fsp3) is 0.800. The Balaban J connectivity index is 1.83. The molecule has 1 amide bonds. The minimum atomic E-state index is 0.161. The second kappa shape index (κ2) is 3.69. The van der Waals surface area contributed by atoms with Crippen LogP contribution in [0, 0.1) is 0 Å². The van der Waals surface area contributed by atoms with E-state index in [1.54, 1.807) is 0 Å². The number of nitrogens with zero attached hydrogens (tertiary/aromatic N) is 3. The van der Waals surface area contributed by atoms with Crippen LogP contribution >= 0.6 is 0 Å². The zero-order chi connectivity index (χ0) is 10.1. The van der Waals surface area contributed by atoms with Gasteiger partial charge in [-0.3, -0.25) is 14.7 Å². The molecular formula is C10H17N3O. The molecule has 78 valence electrons. The monoisotopic (exact) mass is 195 g/mol. The van der Waals surface area contributed by atoms with Crippen LogP contribution in [-0.4, -0.2) is 60.2 Å². The molecule has 1 fully saturated rings. The lowest BCUT2D eigenvalue weighted by Gasteiger charge is -2.36. The summed E-state index contributed by atoms with van der Waals surface area (Å²) in [6, 6.07) is 0.588. The van der Waals surface area contributed by atoms with Crippen molar-refractivity contribution in [2.75, 3.05) is 32.7 Å². The molecule has 0 unspecified atom stereocenters. The first kappa shape index (κ1) is 9.65. The topological polar surface area (TPSA) is 35.9 Å². The zero-order valence-corrected chi connectivity index (χ0v) is 8.86. The quantitative estimate of drug-likeness (QED) is 0.621. The van der Waals surface area contributed by atoms with E-state index in [0.29, 0.717) is 12.6 Å². The van der Waals surface area contributed by atoms with Crippen LogP contribution in [-0.2, 0) is 4.79 Å². The Hall–Kier alpha value is -0.900. The number of piperazine rings is 1. The zero-order valence-electron chi connectivity index (χ0n) is 8.86. The number of hydrogen-bond acceptors (Lipinski definition) is 3. The van der Waals surface area contributed by atoms with Gasteiger partial charge < -0.3 is 4.90 Å². The molecule has 0 aromatic heterocycles. The largest absolute Gasteiger partial charge is 0.335 e. The SMILES string of the molecule is CC(C)N1CCN(C(=O)C2=NC2)CC1. The van der Waals surface area contributed by atoms with Crippen molar-refractivity contribution in [1.29, 1.82) is 0 Å². The van der Waals surface area contributed by atoms with Crippen LogP contribution in [0.1, 0.15) is 13.8 Å². The van der Waals surface area contributed by atoms with Crippen molar-refractivity contribution >= 4 is 11.6 Å². The lowest BCUT2D eigenvalue weighted by molar-refractivity contribution is -0.125. The van der Waals surface area contributed by atoms with E-state index in [4.69, 9.17) is 0 Å². The number of carbonyl (C=O) groups is 1. The van der Waals surface area contributed by atoms with Gasteiger partial charge in [0.25, 0.3) is 5.91 Å². The Morgan fingerprint density at radius 3 is 2.29 bits per heavy atom. The Kier molecular flexibility index (Phi) is 2.54. The number of amides is 1. The third-order valence-corrected chi connectivity index (χ3v) is 2.89. The Labute approximate surface area is 84.6 Å². The average molecular weight is 195 g/mol. The first-order valence-corrected chi connectivity index (χ1v) is 5.25. The molecule has 0 aliphatic carbocycles. The van der Waals surface area contributed by atoms with Crippen LogP contribution in [0.15, 0.2) is 4.99 Å². The first-order chi connectivity index (χ1) is 6.68. The van der Waals surface area contributed by atoms with E-state index in [9.17, 15) is 4.79 Å². The molecule has 2 aliphatic rings. The third-order valence-electron chi connectivity index (χ3n) is 2.89. The molecule has 2 heterocycles. The van der Waals surface area contributed by atoms with E-state index in [-0.39, 0.29) is 5.91 Å². The van der Waals surface area contributed by atoms with E-state index in [1.165, 1.54) is 0 Å². The number of aliphatic imine (C=N–C) groups is 1. The summed E-state index contributed by atoms with van der Waals surface area (Å²) in [6.45, 7) is 8.77. The molecule has 14 heavy (non-hydrogen) atoms. The van der Waals surface area contributed by atoms with Crippen LogP contribution in [0.25, 0.3) is 0 Å². The van der Waals surface area contributed by atoms with Gasteiger partial charge in [0.05, 0.1) is 6.54 Å². The van der Waals surface area contributed by atoms with Gasteiger partial charge in [-0.15, -0.1) is 0 Å². The molecule has 1 saturated heterocycles. The summed E-state index contributed by atoms with van der Waals surface area (Å²) in [6.07, 6.45) is 0. The highest BCUT2D eigenvalue weighted by Gasteiger charge is 2.28. The van der Waals surface area contributed by atoms with E-state index in [1.807, 2.05) is 4.90 Å². The van der Waals surface area contributed by atoms with Gasteiger partial charge in [0, 0.05) is 32.2 Å². The van der Waals surface area contributed by atoms with Crippen LogP contribution in [0.3, 0.4) is 0 Å². The van der Waals surface area contributed by atoms with Crippen LogP contribution < -0.4 is 0 Å². The maximum absolute atomic E-state index is 11.6. The van der Waals surface area contributed by atoms with Crippen molar-refractivity contribution in [3.05, 3.63) is 0 Å².